The minimum absolute atomic E-state index is 0.0861. The van der Waals surface area contributed by atoms with Crippen molar-refractivity contribution >= 4 is 60.3 Å². The van der Waals surface area contributed by atoms with E-state index in [0.29, 0.717) is 0 Å². The lowest BCUT2D eigenvalue weighted by molar-refractivity contribution is 0.515. The average molecular weight is 729 g/mol. The van der Waals surface area contributed by atoms with Crippen molar-refractivity contribution in [3.05, 3.63) is 217 Å². The SMILES string of the molecule is C1=C(n2c3ccccc3c3c(-c4cccc5c4c4ccccc4n5-c4ccccc4)cccc32)c2c(oc3ccccc23)C(c2cccc(-c3ccccc3)c2)C1. The van der Waals surface area contributed by atoms with Crippen molar-refractivity contribution in [3.8, 4) is 27.9 Å². The summed E-state index contributed by atoms with van der Waals surface area (Å²) in [6.45, 7) is 0. The molecule has 0 radical (unpaired) electrons. The molecule has 57 heavy (non-hydrogen) atoms. The molecule has 3 nitrogen and oxygen atoms in total. The van der Waals surface area contributed by atoms with Crippen LogP contribution in [0.5, 0.6) is 0 Å². The molecule has 0 N–H and O–H groups in total. The zero-order valence-corrected chi connectivity index (χ0v) is 31.1. The van der Waals surface area contributed by atoms with Crippen LogP contribution in [0.3, 0.4) is 0 Å². The molecule has 11 aromatic rings. The summed E-state index contributed by atoms with van der Waals surface area (Å²) in [6, 6.07) is 70.3. The van der Waals surface area contributed by atoms with Crippen molar-refractivity contribution in [1.82, 2.24) is 9.13 Å². The standard InChI is InChI=1S/C54H36N2O/c1-3-16-35(17-4-1)36-18-13-19-37(34-36)39-32-33-49(53-44-24-9-12-31-50(44)57-54(39)53)56-46-28-11-8-23-43(46)52-41(26-15-30-48(52)56)40-25-14-29-47-51(40)42-22-7-10-27-45(42)55(47)38-20-5-2-6-21-38/h1-31,33-34,39H,32H2. The Balaban J connectivity index is 1.10. The smallest absolute Gasteiger partial charge is 0.135 e. The van der Waals surface area contributed by atoms with Gasteiger partial charge < -0.3 is 13.6 Å². The van der Waals surface area contributed by atoms with Gasteiger partial charge >= 0.3 is 0 Å². The molecule has 1 unspecified atom stereocenters. The zero-order valence-electron chi connectivity index (χ0n) is 31.1. The van der Waals surface area contributed by atoms with Crippen LogP contribution in [-0.4, -0.2) is 9.13 Å². The summed E-state index contributed by atoms with van der Waals surface area (Å²) in [7, 11) is 0. The van der Waals surface area contributed by atoms with E-state index in [4.69, 9.17) is 4.42 Å². The fraction of sp³-hybridized carbons (Fsp3) is 0.0370. The molecule has 0 amide bonds. The van der Waals surface area contributed by atoms with Crippen LogP contribution in [0, 0.1) is 0 Å². The van der Waals surface area contributed by atoms with Crippen LogP contribution >= 0.6 is 0 Å². The second kappa shape index (κ2) is 12.6. The maximum Gasteiger partial charge on any atom is 0.135 e. The maximum absolute atomic E-state index is 6.92. The number of rotatable bonds is 5. The summed E-state index contributed by atoms with van der Waals surface area (Å²) in [4.78, 5) is 0. The molecule has 1 aliphatic carbocycles. The largest absolute Gasteiger partial charge is 0.460 e. The molecule has 0 saturated carbocycles. The van der Waals surface area contributed by atoms with Gasteiger partial charge in [-0.05, 0) is 76.7 Å². The van der Waals surface area contributed by atoms with Gasteiger partial charge in [0.15, 0.2) is 0 Å². The average Bonchev–Trinajstić information content (AvgIpc) is 3.95. The Morgan fingerprint density at radius 2 is 0.982 bits per heavy atom. The van der Waals surface area contributed by atoms with E-state index in [1.165, 1.54) is 82.7 Å². The third-order valence-electron chi connectivity index (χ3n) is 12.1. The first-order valence-electron chi connectivity index (χ1n) is 19.8. The Hall–Kier alpha value is -7.36. The van der Waals surface area contributed by atoms with Crippen LogP contribution in [0.2, 0.25) is 0 Å². The summed E-state index contributed by atoms with van der Waals surface area (Å²) in [6.07, 6.45) is 3.28. The van der Waals surface area contributed by atoms with Gasteiger partial charge in [0, 0.05) is 44.1 Å². The molecule has 0 saturated heterocycles. The zero-order chi connectivity index (χ0) is 37.5. The van der Waals surface area contributed by atoms with Crippen molar-refractivity contribution in [2.45, 2.75) is 12.3 Å². The lowest BCUT2D eigenvalue weighted by atomic mass is 9.84. The van der Waals surface area contributed by atoms with E-state index < -0.39 is 0 Å². The van der Waals surface area contributed by atoms with Gasteiger partial charge in [0.25, 0.3) is 0 Å². The van der Waals surface area contributed by atoms with E-state index >= 15 is 0 Å². The Morgan fingerprint density at radius 1 is 0.439 bits per heavy atom. The third-order valence-corrected chi connectivity index (χ3v) is 12.1. The van der Waals surface area contributed by atoms with Crippen LogP contribution in [0.25, 0.3) is 88.2 Å². The van der Waals surface area contributed by atoms with Crippen molar-refractivity contribution < 1.29 is 4.42 Å². The Labute approximate surface area is 330 Å². The van der Waals surface area contributed by atoms with Gasteiger partial charge in [-0.15, -0.1) is 0 Å². The number of nitrogens with zero attached hydrogens (tertiary/aromatic N) is 2. The predicted octanol–water partition coefficient (Wildman–Crippen LogP) is 14.4. The highest BCUT2D eigenvalue weighted by Crippen LogP contribution is 2.49. The molecular weight excluding hydrogens is 693 g/mol. The van der Waals surface area contributed by atoms with Gasteiger partial charge in [-0.3, -0.25) is 0 Å². The Bertz CT molecular complexity index is 3380. The summed E-state index contributed by atoms with van der Waals surface area (Å²) in [5.41, 5.74) is 15.4. The van der Waals surface area contributed by atoms with Crippen molar-refractivity contribution in [2.75, 3.05) is 0 Å². The topological polar surface area (TPSA) is 23.0 Å². The number of hydrogen-bond acceptors (Lipinski definition) is 1. The van der Waals surface area contributed by atoms with Crippen LogP contribution in [0.1, 0.15) is 29.2 Å². The number of para-hydroxylation sites is 4. The number of benzene rings is 8. The summed E-state index contributed by atoms with van der Waals surface area (Å²) in [5, 5.41) is 6.15. The molecule has 1 atom stereocenters. The number of hydrogen-bond donors (Lipinski definition) is 0. The molecule has 0 aliphatic heterocycles. The van der Waals surface area contributed by atoms with E-state index in [1.807, 2.05) is 0 Å². The lowest BCUT2D eigenvalue weighted by Crippen LogP contribution is -2.11. The third kappa shape index (κ3) is 4.79. The lowest BCUT2D eigenvalue weighted by Gasteiger charge is -2.24. The number of furan rings is 1. The highest BCUT2D eigenvalue weighted by atomic mass is 16.3. The van der Waals surface area contributed by atoms with Gasteiger partial charge in [0.05, 0.1) is 27.8 Å². The molecule has 1 aliphatic rings. The highest BCUT2D eigenvalue weighted by molar-refractivity contribution is 6.23. The van der Waals surface area contributed by atoms with Crippen molar-refractivity contribution in [1.29, 1.82) is 0 Å². The molecular formula is C54H36N2O. The minimum Gasteiger partial charge on any atom is -0.460 e. The first kappa shape index (κ1) is 31.9. The van der Waals surface area contributed by atoms with Crippen LogP contribution in [-0.2, 0) is 0 Å². The Kier molecular flexibility index (Phi) is 7.05. The van der Waals surface area contributed by atoms with Crippen LogP contribution < -0.4 is 0 Å². The van der Waals surface area contributed by atoms with Gasteiger partial charge in [-0.2, -0.15) is 0 Å². The fourth-order valence-electron chi connectivity index (χ4n) is 9.67. The molecule has 12 rings (SSSR count). The number of aromatic nitrogens is 2. The van der Waals surface area contributed by atoms with Gasteiger partial charge in [0.2, 0.25) is 0 Å². The monoisotopic (exact) mass is 728 g/mol. The molecule has 0 fully saturated rings. The predicted molar refractivity (Wildman–Crippen MR) is 237 cm³/mol. The summed E-state index contributed by atoms with van der Waals surface area (Å²) < 4.78 is 11.8. The van der Waals surface area contributed by atoms with E-state index in [2.05, 4.69) is 209 Å². The molecule has 3 aromatic heterocycles. The van der Waals surface area contributed by atoms with Gasteiger partial charge in [0.1, 0.15) is 11.3 Å². The van der Waals surface area contributed by atoms with Gasteiger partial charge in [-0.1, -0.05) is 158 Å². The van der Waals surface area contributed by atoms with E-state index in [9.17, 15) is 0 Å². The minimum atomic E-state index is 0.0861. The fourth-order valence-corrected chi connectivity index (χ4v) is 9.67. The summed E-state index contributed by atoms with van der Waals surface area (Å²) in [5.74, 6) is 1.11. The molecule has 0 spiro atoms. The second-order valence-corrected chi connectivity index (χ2v) is 15.1. The van der Waals surface area contributed by atoms with Crippen molar-refractivity contribution in [2.24, 2.45) is 0 Å². The first-order valence-corrected chi connectivity index (χ1v) is 19.8. The quantitative estimate of drug-likeness (QED) is 0.173. The second-order valence-electron chi connectivity index (χ2n) is 15.1. The van der Waals surface area contributed by atoms with Crippen molar-refractivity contribution in [3.63, 3.8) is 0 Å². The Morgan fingerprint density at radius 3 is 1.70 bits per heavy atom. The molecule has 268 valence electrons. The van der Waals surface area contributed by atoms with Gasteiger partial charge in [-0.25, -0.2) is 0 Å². The first-order chi connectivity index (χ1) is 28.3. The maximum atomic E-state index is 6.92. The summed E-state index contributed by atoms with van der Waals surface area (Å²) >= 11 is 0. The molecule has 0 bridgehead atoms. The number of allylic oxidation sites excluding steroid dienone is 1. The molecule has 3 heteroatoms. The van der Waals surface area contributed by atoms with Crippen LogP contribution in [0.4, 0.5) is 0 Å². The van der Waals surface area contributed by atoms with E-state index in [1.54, 1.807) is 0 Å². The highest BCUT2D eigenvalue weighted by Gasteiger charge is 2.32. The molecule has 8 aromatic carbocycles. The normalized spacial score (nSPS) is 14.2. The van der Waals surface area contributed by atoms with E-state index in [-0.39, 0.29) is 5.92 Å². The number of fused-ring (bicyclic) bond motifs is 9. The van der Waals surface area contributed by atoms with E-state index in [0.717, 1.165) is 28.8 Å². The molecule has 3 heterocycles. The van der Waals surface area contributed by atoms with Crippen LogP contribution in [0.15, 0.2) is 205 Å².